The van der Waals surface area contributed by atoms with Gasteiger partial charge < -0.3 is 10.8 Å². The highest BCUT2D eigenvalue weighted by Crippen LogP contribution is 2.65. The summed E-state index contributed by atoms with van der Waals surface area (Å²) in [5.74, 6) is -2.07. The van der Waals surface area contributed by atoms with Crippen molar-refractivity contribution in [2.75, 3.05) is 6.61 Å². The van der Waals surface area contributed by atoms with Crippen molar-refractivity contribution >= 4 is 33.5 Å². The molecule has 3 heterocycles. The lowest BCUT2D eigenvalue weighted by atomic mass is 9.84. The maximum atomic E-state index is 15.0. The molecule has 0 spiro atoms. The van der Waals surface area contributed by atoms with Crippen LogP contribution >= 0.6 is 11.8 Å². The number of thioether (sulfide) groups is 1. The lowest BCUT2D eigenvalue weighted by Gasteiger charge is -2.34. The number of aliphatic hydroxyl groups excluding tert-OH is 1. The number of hydrogen-bond donors (Lipinski definition) is 2. The molecule has 2 aliphatic rings. The summed E-state index contributed by atoms with van der Waals surface area (Å²) in [7, 11) is 0. The summed E-state index contributed by atoms with van der Waals surface area (Å²) in [5, 5.41) is 10.9. The number of rotatable bonds is 4. The molecule has 1 saturated carbocycles. The van der Waals surface area contributed by atoms with Gasteiger partial charge in [-0.1, -0.05) is 11.8 Å². The summed E-state index contributed by atoms with van der Waals surface area (Å²) >= 11 is 1.30. The molecule has 3 N–H and O–H groups in total. The van der Waals surface area contributed by atoms with E-state index in [0.29, 0.717) is 28.9 Å². The Balaban J connectivity index is 1.58. The second kappa shape index (κ2) is 7.22. The predicted octanol–water partition coefficient (Wildman–Crippen LogP) is 4.08. The van der Waals surface area contributed by atoms with Crippen LogP contribution in [0.2, 0.25) is 0 Å². The highest BCUT2D eigenvalue weighted by atomic mass is 32.2. The summed E-state index contributed by atoms with van der Waals surface area (Å²) in [6.45, 7) is 8.79. The van der Waals surface area contributed by atoms with Crippen molar-refractivity contribution in [3.05, 3.63) is 76.5 Å². The monoisotopic (exact) mass is 451 g/mol. The smallest absolute Gasteiger partial charge is 0.205 e. The number of amidine groups is 1. The van der Waals surface area contributed by atoms with Crippen LogP contribution in [-0.2, 0) is 12.0 Å². The molecule has 1 aromatic carbocycles. The standard InChI is InChI=1S/C23H19F2N5OS/c1-22(18-9-23(18,11-31)32-21(26)30-22)15-5-12(6-16(24)19(15)25)7-17-20-13(3-4-28-17)8-14(27-2)10-29-20/h3-6,8,10,18,31H,7,9,11H2,1H3,(H2,26,30)/t18-,22+,23+/m0/s1. The SMILES string of the molecule is [C-]#[N+]c1cnc2c(Cc3cc(F)c(F)c([C@@]4(C)N=C(N)S[C@@]5(CO)C[C@H]54)c3)nccc2c1. The number of pyridine rings is 2. The van der Waals surface area contributed by atoms with E-state index in [-0.39, 0.29) is 29.7 Å². The molecule has 1 aliphatic heterocycles. The Bertz CT molecular complexity index is 1340. The summed E-state index contributed by atoms with van der Waals surface area (Å²) < 4.78 is 29.2. The van der Waals surface area contributed by atoms with Crippen molar-refractivity contribution in [3.63, 3.8) is 0 Å². The van der Waals surface area contributed by atoms with Crippen LogP contribution < -0.4 is 5.73 Å². The first-order valence-electron chi connectivity index (χ1n) is 10.0. The minimum absolute atomic E-state index is 0.101. The number of hydrogen-bond acceptors (Lipinski definition) is 6. The van der Waals surface area contributed by atoms with Crippen LogP contribution in [0.1, 0.15) is 30.2 Å². The maximum Gasteiger partial charge on any atom is 0.205 e. The van der Waals surface area contributed by atoms with Crippen LogP contribution in [0, 0.1) is 24.1 Å². The van der Waals surface area contributed by atoms with Crippen molar-refractivity contribution in [2.24, 2.45) is 16.6 Å². The molecule has 0 unspecified atom stereocenters. The number of benzene rings is 1. The van der Waals surface area contributed by atoms with Gasteiger partial charge in [-0.15, -0.1) is 0 Å². The number of fused-ring (bicyclic) bond motifs is 2. The third-order valence-electron chi connectivity index (χ3n) is 6.42. The van der Waals surface area contributed by atoms with E-state index in [0.717, 1.165) is 11.5 Å². The number of halogens is 2. The lowest BCUT2D eigenvalue weighted by molar-refractivity contribution is 0.264. The van der Waals surface area contributed by atoms with Gasteiger partial charge in [0, 0.05) is 30.3 Å². The Morgan fingerprint density at radius 3 is 2.88 bits per heavy atom. The molecule has 0 bridgehead atoms. The van der Waals surface area contributed by atoms with Crippen molar-refractivity contribution < 1.29 is 13.9 Å². The molecule has 5 rings (SSSR count). The molecule has 0 saturated heterocycles. The third kappa shape index (κ3) is 3.14. The number of aromatic nitrogens is 2. The van der Waals surface area contributed by atoms with Gasteiger partial charge in [-0.05, 0) is 48.6 Å². The van der Waals surface area contributed by atoms with E-state index in [9.17, 15) is 9.50 Å². The molecular weight excluding hydrogens is 432 g/mol. The Hall–Kier alpha value is -3.09. The van der Waals surface area contributed by atoms with E-state index in [1.807, 2.05) is 0 Å². The Kier molecular flexibility index (Phi) is 4.69. The van der Waals surface area contributed by atoms with Crippen LogP contribution in [0.5, 0.6) is 0 Å². The fourth-order valence-corrected chi connectivity index (χ4v) is 6.05. The van der Waals surface area contributed by atoms with Crippen molar-refractivity contribution in [3.8, 4) is 0 Å². The van der Waals surface area contributed by atoms with Gasteiger partial charge in [-0.25, -0.2) is 13.6 Å². The number of aliphatic hydroxyl groups is 1. The third-order valence-corrected chi connectivity index (χ3v) is 7.70. The first kappa shape index (κ1) is 20.8. The average molecular weight is 452 g/mol. The van der Waals surface area contributed by atoms with E-state index in [2.05, 4.69) is 19.8 Å². The average Bonchev–Trinajstić information content (AvgIpc) is 3.51. The van der Waals surface area contributed by atoms with E-state index in [1.54, 1.807) is 31.3 Å². The zero-order valence-electron chi connectivity index (χ0n) is 17.1. The lowest BCUT2D eigenvalue weighted by Crippen LogP contribution is -2.37. The molecular formula is C23H19F2N5OS. The molecule has 32 heavy (non-hydrogen) atoms. The van der Waals surface area contributed by atoms with Gasteiger partial charge >= 0.3 is 0 Å². The first-order valence-corrected chi connectivity index (χ1v) is 10.9. The van der Waals surface area contributed by atoms with E-state index in [4.69, 9.17) is 12.3 Å². The zero-order chi connectivity index (χ0) is 22.7. The summed E-state index contributed by atoms with van der Waals surface area (Å²) in [5.41, 5.74) is 7.20. The van der Waals surface area contributed by atoms with Gasteiger partial charge in [-0.3, -0.25) is 15.0 Å². The van der Waals surface area contributed by atoms with E-state index >= 15 is 4.39 Å². The minimum atomic E-state index is -1.08. The Labute approximate surface area is 187 Å². The number of aliphatic imine (C=N–C) groups is 1. The number of nitrogens with two attached hydrogens (primary N) is 1. The second-order valence-corrected chi connectivity index (χ2v) is 9.87. The van der Waals surface area contributed by atoms with Gasteiger partial charge in [-0.2, -0.15) is 0 Å². The van der Waals surface area contributed by atoms with Gasteiger partial charge in [0.25, 0.3) is 0 Å². The normalized spacial score (nSPS) is 26.3. The topological polar surface area (TPSA) is 88.8 Å². The maximum absolute atomic E-state index is 15.0. The zero-order valence-corrected chi connectivity index (χ0v) is 18.0. The van der Waals surface area contributed by atoms with E-state index in [1.165, 1.54) is 18.0 Å². The molecule has 9 heteroatoms. The molecule has 6 nitrogen and oxygen atoms in total. The molecule has 1 fully saturated rings. The summed E-state index contributed by atoms with van der Waals surface area (Å²) in [6.07, 6.45) is 3.93. The Morgan fingerprint density at radius 2 is 2.12 bits per heavy atom. The van der Waals surface area contributed by atoms with Gasteiger partial charge in [0.05, 0.1) is 34.7 Å². The fourth-order valence-electron chi connectivity index (χ4n) is 4.71. The first-order chi connectivity index (χ1) is 15.3. The Morgan fingerprint density at radius 1 is 1.31 bits per heavy atom. The van der Waals surface area contributed by atoms with Crippen LogP contribution in [0.15, 0.2) is 41.7 Å². The highest BCUT2D eigenvalue weighted by Gasteiger charge is 2.66. The minimum Gasteiger partial charge on any atom is -0.395 e. The van der Waals surface area contributed by atoms with Crippen LogP contribution in [0.3, 0.4) is 0 Å². The predicted molar refractivity (Wildman–Crippen MR) is 119 cm³/mol. The molecule has 3 aromatic rings. The largest absolute Gasteiger partial charge is 0.395 e. The van der Waals surface area contributed by atoms with Crippen molar-refractivity contribution in [2.45, 2.75) is 30.1 Å². The fraction of sp³-hybridized carbons (Fsp3) is 0.304. The van der Waals surface area contributed by atoms with Gasteiger partial charge in [0.1, 0.15) is 0 Å². The summed E-state index contributed by atoms with van der Waals surface area (Å²) in [4.78, 5) is 16.6. The van der Waals surface area contributed by atoms with Gasteiger partial charge in [0.2, 0.25) is 5.69 Å². The molecule has 162 valence electrons. The molecule has 1 aliphatic carbocycles. The van der Waals surface area contributed by atoms with Crippen LogP contribution in [0.25, 0.3) is 15.7 Å². The molecule has 0 amide bonds. The summed E-state index contributed by atoms with van der Waals surface area (Å²) in [6, 6.07) is 6.25. The number of nitrogens with zero attached hydrogens (tertiary/aromatic N) is 4. The van der Waals surface area contributed by atoms with Crippen molar-refractivity contribution in [1.82, 2.24) is 9.97 Å². The van der Waals surface area contributed by atoms with Gasteiger partial charge in [0.15, 0.2) is 16.8 Å². The molecule has 0 radical (unpaired) electrons. The van der Waals surface area contributed by atoms with E-state index < -0.39 is 21.9 Å². The quantitative estimate of drug-likeness (QED) is 0.584. The van der Waals surface area contributed by atoms with Crippen LogP contribution in [-0.4, -0.2) is 31.6 Å². The van der Waals surface area contributed by atoms with Crippen molar-refractivity contribution in [1.29, 1.82) is 0 Å². The second-order valence-electron chi connectivity index (χ2n) is 8.43. The highest BCUT2D eigenvalue weighted by molar-refractivity contribution is 8.15. The molecule has 2 aromatic heterocycles. The van der Waals surface area contributed by atoms with Crippen LogP contribution in [0.4, 0.5) is 14.5 Å². The molecule has 3 atom stereocenters.